The predicted molar refractivity (Wildman–Crippen MR) is 81.7 cm³/mol. The molecule has 0 amide bonds. The fourth-order valence-corrected chi connectivity index (χ4v) is 2.15. The van der Waals surface area contributed by atoms with Gasteiger partial charge in [-0.3, -0.25) is 4.79 Å². The third-order valence-electron chi connectivity index (χ3n) is 3.27. The molecule has 0 heterocycles. The molecule has 1 aromatic carbocycles. The summed E-state index contributed by atoms with van der Waals surface area (Å²) in [6.45, 7) is 11.1. The highest BCUT2D eigenvalue weighted by atomic mass is 16.1. The molecule has 3 N–H and O–H groups in total. The molecule has 0 saturated heterocycles. The number of hydrogen-bond acceptors (Lipinski definition) is 4. The summed E-state index contributed by atoms with van der Waals surface area (Å²) in [5.41, 5.74) is 7.85. The summed E-state index contributed by atoms with van der Waals surface area (Å²) in [7, 11) is 0. The van der Waals surface area contributed by atoms with Gasteiger partial charge in [-0.2, -0.15) is 0 Å². The zero-order valence-corrected chi connectivity index (χ0v) is 12.4. The molecule has 0 saturated carbocycles. The molecule has 0 aromatic heterocycles. The number of rotatable bonds is 7. The first kappa shape index (κ1) is 15.5. The van der Waals surface area contributed by atoms with Gasteiger partial charge in [-0.15, -0.1) is 0 Å². The van der Waals surface area contributed by atoms with Gasteiger partial charge >= 0.3 is 0 Å². The highest BCUT2D eigenvalue weighted by Gasteiger charge is 2.09. The van der Waals surface area contributed by atoms with E-state index in [1.807, 2.05) is 12.1 Å². The van der Waals surface area contributed by atoms with E-state index in [0.29, 0.717) is 17.3 Å². The molecule has 1 rings (SSSR count). The molecular weight excluding hydrogens is 238 g/mol. The normalized spacial score (nSPS) is 12.5. The van der Waals surface area contributed by atoms with Crippen LogP contribution in [0.5, 0.6) is 0 Å². The molecule has 19 heavy (non-hydrogen) atoms. The molecule has 4 heteroatoms. The second-order valence-electron chi connectivity index (χ2n) is 4.89. The number of anilines is 2. The summed E-state index contributed by atoms with van der Waals surface area (Å²) < 4.78 is 0. The second-order valence-corrected chi connectivity index (χ2v) is 4.89. The van der Waals surface area contributed by atoms with Gasteiger partial charge in [-0.25, -0.2) is 0 Å². The van der Waals surface area contributed by atoms with E-state index in [-0.39, 0.29) is 5.78 Å². The molecule has 1 atom stereocenters. The molecule has 4 nitrogen and oxygen atoms in total. The van der Waals surface area contributed by atoms with Gasteiger partial charge in [0.05, 0.1) is 0 Å². The van der Waals surface area contributed by atoms with Crippen LogP contribution in [0, 0.1) is 0 Å². The third kappa shape index (κ3) is 4.56. The van der Waals surface area contributed by atoms with Gasteiger partial charge in [-0.05, 0) is 45.1 Å². The Morgan fingerprint density at radius 1 is 1.37 bits per heavy atom. The number of likely N-dealkylation sites (N-methyl/N-ethyl adjacent to an activating group) is 1. The topological polar surface area (TPSA) is 58.4 Å². The fraction of sp³-hybridized carbons (Fsp3) is 0.533. The predicted octanol–water partition coefficient (Wildman–Crippen LogP) is 2.61. The zero-order valence-electron chi connectivity index (χ0n) is 12.4. The highest BCUT2D eigenvalue weighted by molar-refractivity contribution is 6.00. The summed E-state index contributed by atoms with van der Waals surface area (Å²) in [5, 5.41) is 3.41. The van der Waals surface area contributed by atoms with Crippen molar-refractivity contribution in [3.8, 4) is 0 Å². The molecule has 106 valence electrons. The maximum atomic E-state index is 11.5. The van der Waals surface area contributed by atoms with Crippen LogP contribution in [-0.2, 0) is 0 Å². The van der Waals surface area contributed by atoms with E-state index in [9.17, 15) is 4.79 Å². The summed E-state index contributed by atoms with van der Waals surface area (Å²) in [5.74, 6) is -0.00227. The lowest BCUT2D eigenvalue weighted by atomic mass is 10.1. The van der Waals surface area contributed by atoms with E-state index in [1.165, 1.54) is 6.92 Å². The average molecular weight is 263 g/mol. The molecule has 1 aromatic rings. The molecule has 0 spiro atoms. The Hall–Kier alpha value is -1.55. The summed E-state index contributed by atoms with van der Waals surface area (Å²) in [6, 6.07) is 5.85. The molecule has 1 unspecified atom stereocenters. The Morgan fingerprint density at radius 2 is 2.00 bits per heavy atom. The van der Waals surface area contributed by atoms with Gasteiger partial charge in [-0.1, -0.05) is 13.8 Å². The lowest BCUT2D eigenvalue weighted by Gasteiger charge is -2.24. The van der Waals surface area contributed by atoms with Crippen molar-refractivity contribution >= 4 is 17.2 Å². The molecule has 0 radical (unpaired) electrons. The Kier molecular flexibility index (Phi) is 5.83. The van der Waals surface area contributed by atoms with Crippen LogP contribution >= 0.6 is 0 Å². The largest absolute Gasteiger partial charge is 0.398 e. The average Bonchev–Trinajstić information content (AvgIpc) is 2.37. The van der Waals surface area contributed by atoms with E-state index in [0.717, 1.165) is 25.3 Å². The Morgan fingerprint density at radius 3 is 2.53 bits per heavy atom. The first-order chi connectivity index (χ1) is 8.97. The van der Waals surface area contributed by atoms with Crippen molar-refractivity contribution in [2.24, 2.45) is 0 Å². The number of Topliss-reactive ketones (excluding diaryl/α,β-unsaturated/α-hetero) is 1. The van der Waals surface area contributed by atoms with Gasteiger partial charge in [0.2, 0.25) is 0 Å². The SMILES string of the molecule is CCN(CC)CC(C)Nc1ccc(N)c(C(C)=O)c1. The van der Waals surface area contributed by atoms with Crippen LogP contribution in [0.4, 0.5) is 11.4 Å². The number of nitrogens with one attached hydrogen (secondary N) is 1. The first-order valence-corrected chi connectivity index (χ1v) is 6.87. The van der Waals surface area contributed by atoms with Crippen molar-refractivity contribution in [1.82, 2.24) is 4.90 Å². The van der Waals surface area contributed by atoms with Crippen molar-refractivity contribution in [3.05, 3.63) is 23.8 Å². The zero-order chi connectivity index (χ0) is 14.4. The number of ketones is 1. The number of benzene rings is 1. The van der Waals surface area contributed by atoms with Gasteiger partial charge in [0.1, 0.15) is 0 Å². The molecule has 0 fully saturated rings. The molecule has 0 aliphatic rings. The number of nitrogens with two attached hydrogens (primary N) is 1. The fourth-order valence-electron chi connectivity index (χ4n) is 2.15. The van der Waals surface area contributed by atoms with Crippen LogP contribution in [-0.4, -0.2) is 36.4 Å². The van der Waals surface area contributed by atoms with E-state index in [4.69, 9.17) is 5.73 Å². The van der Waals surface area contributed by atoms with Crippen molar-refractivity contribution in [1.29, 1.82) is 0 Å². The minimum absolute atomic E-state index is 0.00227. The van der Waals surface area contributed by atoms with Gasteiger partial charge < -0.3 is 16.0 Å². The summed E-state index contributed by atoms with van der Waals surface area (Å²) >= 11 is 0. The van der Waals surface area contributed by atoms with Gasteiger partial charge in [0, 0.05) is 29.5 Å². The molecular formula is C15H25N3O. The number of carbonyl (C=O) groups excluding carboxylic acids is 1. The first-order valence-electron chi connectivity index (χ1n) is 6.87. The maximum absolute atomic E-state index is 11.5. The van der Waals surface area contributed by atoms with E-state index in [1.54, 1.807) is 6.07 Å². The molecule has 0 bridgehead atoms. The lowest BCUT2D eigenvalue weighted by Crippen LogP contribution is -2.34. The summed E-state index contributed by atoms with van der Waals surface area (Å²) in [4.78, 5) is 13.8. The molecule has 0 aliphatic heterocycles. The van der Waals surface area contributed by atoms with Crippen molar-refractivity contribution in [3.63, 3.8) is 0 Å². The monoisotopic (exact) mass is 263 g/mol. The van der Waals surface area contributed by atoms with Gasteiger partial charge in [0.25, 0.3) is 0 Å². The van der Waals surface area contributed by atoms with Crippen LogP contribution in [0.2, 0.25) is 0 Å². The Bertz CT molecular complexity index is 427. The van der Waals surface area contributed by atoms with Crippen molar-refractivity contribution in [2.75, 3.05) is 30.7 Å². The van der Waals surface area contributed by atoms with Crippen LogP contribution in [0.3, 0.4) is 0 Å². The minimum atomic E-state index is -0.00227. The smallest absolute Gasteiger partial charge is 0.161 e. The number of carbonyl (C=O) groups is 1. The quantitative estimate of drug-likeness (QED) is 0.586. The van der Waals surface area contributed by atoms with Gasteiger partial charge in [0.15, 0.2) is 5.78 Å². The van der Waals surface area contributed by atoms with E-state index < -0.39 is 0 Å². The summed E-state index contributed by atoms with van der Waals surface area (Å²) in [6.07, 6.45) is 0. The van der Waals surface area contributed by atoms with Crippen LogP contribution in [0.1, 0.15) is 38.1 Å². The number of nitrogen functional groups attached to an aromatic ring is 1. The Balaban J connectivity index is 2.71. The third-order valence-corrected chi connectivity index (χ3v) is 3.27. The Labute approximate surface area is 116 Å². The van der Waals surface area contributed by atoms with Crippen molar-refractivity contribution < 1.29 is 4.79 Å². The van der Waals surface area contributed by atoms with E-state index in [2.05, 4.69) is 31.0 Å². The second kappa shape index (κ2) is 7.14. The van der Waals surface area contributed by atoms with Crippen LogP contribution < -0.4 is 11.1 Å². The van der Waals surface area contributed by atoms with Crippen LogP contribution in [0.25, 0.3) is 0 Å². The van der Waals surface area contributed by atoms with Crippen molar-refractivity contribution in [2.45, 2.75) is 33.7 Å². The van der Waals surface area contributed by atoms with Crippen LogP contribution in [0.15, 0.2) is 18.2 Å². The maximum Gasteiger partial charge on any atom is 0.161 e. The van der Waals surface area contributed by atoms with E-state index >= 15 is 0 Å². The molecule has 0 aliphatic carbocycles. The standard InChI is InChI=1S/C15H25N3O/c1-5-18(6-2)10-11(3)17-13-7-8-15(16)14(9-13)12(4)19/h7-9,11,17H,5-6,10,16H2,1-4H3. The number of nitrogens with zero attached hydrogens (tertiary/aromatic N) is 1. The number of hydrogen-bond donors (Lipinski definition) is 2. The lowest BCUT2D eigenvalue weighted by molar-refractivity contribution is 0.101. The highest BCUT2D eigenvalue weighted by Crippen LogP contribution is 2.19. The minimum Gasteiger partial charge on any atom is -0.398 e.